The van der Waals surface area contributed by atoms with Gasteiger partial charge in [0.2, 0.25) is 0 Å². The van der Waals surface area contributed by atoms with E-state index in [-0.39, 0.29) is 5.82 Å². The fourth-order valence-electron chi connectivity index (χ4n) is 1.99. The lowest BCUT2D eigenvalue weighted by Gasteiger charge is -2.30. The molecule has 0 radical (unpaired) electrons. The molecule has 1 nitrogen and oxygen atoms in total. The summed E-state index contributed by atoms with van der Waals surface area (Å²) in [5.41, 5.74) is 0.493. The van der Waals surface area contributed by atoms with Crippen LogP contribution in [0.25, 0.3) is 0 Å². The van der Waals surface area contributed by atoms with Gasteiger partial charge in [0, 0.05) is 15.2 Å². The van der Waals surface area contributed by atoms with Crippen molar-refractivity contribution in [3.8, 4) is 0 Å². The predicted octanol–water partition coefficient (Wildman–Crippen LogP) is 4.21. The monoisotopic (exact) mass is 264 g/mol. The molecule has 96 valence electrons. The second-order valence-corrected chi connectivity index (χ2v) is 6.40. The maximum atomic E-state index is 12.9. The van der Waals surface area contributed by atoms with Crippen molar-refractivity contribution in [1.29, 1.82) is 0 Å². The Hall–Kier alpha value is -1.19. The summed E-state index contributed by atoms with van der Waals surface area (Å²) in [5, 5.41) is 10.5. The molecule has 0 aliphatic rings. The molecule has 0 amide bonds. The van der Waals surface area contributed by atoms with Gasteiger partial charge >= 0.3 is 0 Å². The van der Waals surface area contributed by atoms with Crippen molar-refractivity contribution >= 4 is 11.3 Å². The van der Waals surface area contributed by atoms with Gasteiger partial charge in [-0.3, -0.25) is 0 Å². The summed E-state index contributed by atoms with van der Waals surface area (Å²) in [4.78, 5) is 2.13. The largest absolute Gasteiger partial charge is 0.387 e. The summed E-state index contributed by atoms with van der Waals surface area (Å²) in [6, 6.07) is 10.3. The molecule has 0 aliphatic heterocycles. The fraction of sp³-hybridized carbons (Fsp3) is 0.333. The third-order valence-electron chi connectivity index (χ3n) is 3.30. The lowest BCUT2D eigenvalue weighted by molar-refractivity contribution is 0.104. The van der Waals surface area contributed by atoms with Crippen LogP contribution >= 0.6 is 11.3 Å². The molecule has 2 aromatic rings. The SMILES string of the molecule is Cc1ccc(C(O)C(C)(C)c2ccc(F)cc2)s1. The second-order valence-electron chi connectivity index (χ2n) is 5.08. The molecule has 1 aromatic carbocycles. The summed E-state index contributed by atoms with van der Waals surface area (Å²) in [7, 11) is 0. The van der Waals surface area contributed by atoms with E-state index in [4.69, 9.17) is 0 Å². The lowest BCUT2D eigenvalue weighted by atomic mass is 9.79. The maximum absolute atomic E-state index is 12.9. The van der Waals surface area contributed by atoms with Gasteiger partial charge in [-0.2, -0.15) is 0 Å². The fourth-order valence-corrected chi connectivity index (χ4v) is 3.04. The van der Waals surface area contributed by atoms with E-state index in [9.17, 15) is 9.50 Å². The molecule has 18 heavy (non-hydrogen) atoms. The molecule has 0 fully saturated rings. The molecular weight excluding hydrogens is 247 g/mol. The second kappa shape index (κ2) is 4.82. The van der Waals surface area contributed by atoms with Crippen LogP contribution in [0.3, 0.4) is 0 Å². The van der Waals surface area contributed by atoms with Gasteiger partial charge < -0.3 is 5.11 Å². The first-order valence-corrected chi connectivity index (χ1v) is 6.73. The van der Waals surface area contributed by atoms with Gasteiger partial charge in [0.1, 0.15) is 5.82 Å². The molecule has 1 heterocycles. The summed E-state index contributed by atoms with van der Waals surface area (Å²) >= 11 is 1.60. The molecule has 1 N–H and O–H groups in total. The zero-order valence-corrected chi connectivity index (χ0v) is 11.6. The summed E-state index contributed by atoms with van der Waals surface area (Å²) in [5.74, 6) is -0.254. The molecule has 1 aromatic heterocycles. The topological polar surface area (TPSA) is 20.2 Å². The lowest BCUT2D eigenvalue weighted by Crippen LogP contribution is -2.26. The quantitative estimate of drug-likeness (QED) is 0.880. The minimum Gasteiger partial charge on any atom is -0.387 e. The Kier molecular flexibility index (Phi) is 3.55. The molecule has 2 rings (SSSR count). The highest BCUT2D eigenvalue weighted by Crippen LogP contribution is 2.39. The summed E-state index contributed by atoms with van der Waals surface area (Å²) in [6.07, 6.45) is -0.582. The average molecular weight is 264 g/mol. The average Bonchev–Trinajstić information content (AvgIpc) is 2.75. The molecule has 0 saturated carbocycles. The van der Waals surface area contributed by atoms with E-state index in [1.165, 1.54) is 17.0 Å². The molecule has 0 saturated heterocycles. The molecule has 1 atom stereocenters. The Labute approximate surface area is 111 Å². The Morgan fingerprint density at radius 3 is 2.22 bits per heavy atom. The van der Waals surface area contributed by atoms with Crippen molar-refractivity contribution in [1.82, 2.24) is 0 Å². The van der Waals surface area contributed by atoms with Gasteiger partial charge in [0.05, 0.1) is 6.10 Å². The van der Waals surface area contributed by atoms with E-state index in [0.29, 0.717) is 0 Å². The Bertz CT molecular complexity index is 528. The van der Waals surface area contributed by atoms with Gasteiger partial charge in [-0.1, -0.05) is 26.0 Å². The molecular formula is C15H17FOS. The number of hydrogen-bond donors (Lipinski definition) is 1. The van der Waals surface area contributed by atoms with E-state index in [2.05, 4.69) is 0 Å². The predicted molar refractivity (Wildman–Crippen MR) is 73.4 cm³/mol. The summed E-state index contributed by atoms with van der Waals surface area (Å²) < 4.78 is 12.9. The maximum Gasteiger partial charge on any atom is 0.123 e. The van der Waals surface area contributed by atoms with Crippen molar-refractivity contribution in [3.05, 3.63) is 57.5 Å². The van der Waals surface area contributed by atoms with Crippen LogP contribution in [0.15, 0.2) is 36.4 Å². The van der Waals surface area contributed by atoms with E-state index in [1.54, 1.807) is 23.5 Å². The van der Waals surface area contributed by atoms with Crippen LogP contribution in [0, 0.1) is 12.7 Å². The number of aryl methyl sites for hydroxylation is 1. The van der Waals surface area contributed by atoms with Crippen molar-refractivity contribution in [2.75, 3.05) is 0 Å². The zero-order chi connectivity index (χ0) is 13.3. The highest BCUT2D eigenvalue weighted by molar-refractivity contribution is 7.12. The van der Waals surface area contributed by atoms with Crippen LogP contribution in [0.5, 0.6) is 0 Å². The van der Waals surface area contributed by atoms with Crippen LogP contribution in [-0.2, 0) is 5.41 Å². The van der Waals surface area contributed by atoms with Crippen LogP contribution in [-0.4, -0.2) is 5.11 Å². The Morgan fingerprint density at radius 1 is 1.11 bits per heavy atom. The van der Waals surface area contributed by atoms with E-state index >= 15 is 0 Å². The molecule has 0 bridgehead atoms. The molecule has 3 heteroatoms. The van der Waals surface area contributed by atoms with E-state index < -0.39 is 11.5 Å². The van der Waals surface area contributed by atoms with Gasteiger partial charge in [-0.05, 0) is 36.8 Å². The van der Waals surface area contributed by atoms with Gasteiger partial charge in [0.25, 0.3) is 0 Å². The van der Waals surface area contributed by atoms with Crippen molar-refractivity contribution in [2.24, 2.45) is 0 Å². The minimum absolute atomic E-state index is 0.254. The third kappa shape index (κ3) is 2.47. The number of aliphatic hydroxyl groups excluding tert-OH is 1. The van der Waals surface area contributed by atoms with Crippen LogP contribution in [0.4, 0.5) is 4.39 Å². The number of thiophene rings is 1. The van der Waals surface area contributed by atoms with E-state index in [1.807, 2.05) is 32.9 Å². The van der Waals surface area contributed by atoms with Gasteiger partial charge in [-0.15, -0.1) is 11.3 Å². The number of aliphatic hydroxyl groups is 1. The zero-order valence-electron chi connectivity index (χ0n) is 10.8. The van der Waals surface area contributed by atoms with Crippen LogP contribution in [0.1, 0.15) is 35.3 Å². The highest BCUT2D eigenvalue weighted by Gasteiger charge is 2.31. The molecule has 0 aliphatic carbocycles. The standard InChI is InChI=1S/C15H17FOS/c1-10-4-9-13(18-10)14(17)15(2,3)11-5-7-12(16)8-6-11/h4-9,14,17H,1-3H3. The Morgan fingerprint density at radius 2 is 1.72 bits per heavy atom. The number of benzene rings is 1. The van der Waals surface area contributed by atoms with Crippen molar-refractivity contribution in [2.45, 2.75) is 32.3 Å². The normalized spacial score (nSPS) is 13.6. The molecule has 1 unspecified atom stereocenters. The van der Waals surface area contributed by atoms with Gasteiger partial charge in [0.15, 0.2) is 0 Å². The third-order valence-corrected chi connectivity index (χ3v) is 4.36. The Balaban J connectivity index is 2.32. The van der Waals surface area contributed by atoms with Crippen LogP contribution in [0.2, 0.25) is 0 Å². The van der Waals surface area contributed by atoms with Crippen LogP contribution < -0.4 is 0 Å². The summed E-state index contributed by atoms with van der Waals surface area (Å²) in [6.45, 7) is 5.96. The minimum atomic E-state index is -0.582. The first-order chi connectivity index (χ1) is 8.41. The number of hydrogen-bond acceptors (Lipinski definition) is 2. The molecule has 0 spiro atoms. The smallest absolute Gasteiger partial charge is 0.123 e. The number of rotatable bonds is 3. The van der Waals surface area contributed by atoms with E-state index in [0.717, 1.165) is 10.4 Å². The number of halogens is 1. The van der Waals surface area contributed by atoms with Gasteiger partial charge in [-0.25, -0.2) is 4.39 Å². The van der Waals surface area contributed by atoms with Crippen molar-refractivity contribution < 1.29 is 9.50 Å². The van der Waals surface area contributed by atoms with Crippen molar-refractivity contribution in [3.63, 3.8) is 0 Å². The highest BCUT2D eigenvalue weighted by atomic mass is 32.1. The first kappa shape index (κ1) is 13.2. The first-order valence-electron chi connectivity index (χ1n) is 5.91.